The molecule has 0 saturated carbocycles. The third kappa shape index (κ3) is 5.63. The van der Waals surface area contributed by atoms with Gasteiger partial charge in [-0.3, -0.25) is 9.48 Å². The van der Waals surface area contributed by atoms with Gasteiger partial charge in [0.25, 0.3) is 0 Å². The minimum Gasteiger partial charge on any atom is -0.497 e. The van der Waals surface area contributed by atoms with Crippen molar-refractivity contribution in [3.63, 3.8) is 0 Å². The second-order valence-corrected chi connectivity index (χ2v) is 9.57. The molecule has 0 bridgehead atoms. The summed E-state index contributed by atoms with van der Waals surface area (Å²) in [6.45, 7) is 3.24. The minimum absolute atomic E-state index is 0.149. The number of carbonyl (C=O) groups excluding carboxylic acids is 2. The number of fused-ring (bicyclic) bond motifs is 1. The van der Waals surface area contributed by atoms with Gasteiger partial charge in [-0.25, -0.2) is 4.79 Å². The Labute approximate surface area is 208 Å². The highest BCUT2D eigenvalue weighted by atomic mass is 32.1. The Balaban J connectivity index is 1.37. The summed E-state index contributed by atoms with van der Waals surface area (Å²) in [6, 6.07) is 9.71. The predicted octanol–water partition coefficient (Wildman–Crippen LogP) is 3.51. The van der Waals surface area contributed by atoms with Gasteiger partial charge in [-0.15, -0.1) is 11.3 Å². The number of thiophene rings is 1. The molecule has 0 unspecified atom stereocenters. The third-order valence-electron chi connectivity index (χ3n) is 6.03. The van der Waals surface area contributed by atoms with Crippen LogP contribution in [0.2, 0.25) is 0 Å². The fourth-order valence-electron chi connectivity index (χ4n) is 4.16. The molecule has 3 heterocycles. The molecule has 0 radical (unpaired) electrons. The van der Waals surface area contributed by atoms with E-state index in [0.29, 0.717) is 49.5 Å². The molecule has 9 nitrogen and oxygen atoms in total. The molecule has 2 N–H and O–H groups in total. The zero-order valence-electron chi connectivity index (χ0n) is 20.1. The summed E-state index contributed by atoms with van der Waals surface area (Å²) < 4.78 is 6.96. The van der Waals surface area contributed by atoms with E-state index in [9.17, 15) is 14.9 Å². The molecule has 4 rings (SSSR count). The molecule has 3 aromatic rings. The van der Waals surface area contributed by atoms with Crippen molar-refractivity contribution < 1.29 is 14.3 Å². The average Bonchev–Trinajstić information content (AvgIpc) is 3.37. The van der Waals surface area contributed by atoms with Gasteiger partial charge in [0.2, 0.25) is 5.91 Å². The summed E-state index contributed by atoms with van der Waals surface area (Å²) in [7, 11) is 3.46. The van der Waals surface area contributed by atoms with Crippen LogP contribution >= 0.6 is 11.3 Å². The number of urea groups is 1. The second kappa shape index (κ2) is 10.6. The number of nitrogens with zero attached hydrogens (tertiary/aromatic N) is 4. The number of amides is 3. The molecule has 0 saturated heterocycles. The van der Waals surface area contributed by atoms with Crippen molar-refractivity contribution in [2.24, 2.45) is 7.05 Å². The zero-order valence-corrected chi connectivity index (χ0v) is 20.9. The van der Waals surface area contributed by atoms with Crippen LogP contribution in [0.1, 0.15) is 39.2 Å². The van der Waals surface area contributed by atoms with Crippen molar-refractivity contribution in [1.29, 1.82) is 5.26 Å². The molecule has 182 valence electrons. The summed E-state index contributed by atoms with van der Waals surface area (Å²) in [4.78, 5) is 28.0. The van der Waals surface area contributed by atoms with Crippen molar-refractivity contribution in [1.82, 2.24) is 20.0 Å². The van der Waals surface area contributed by atoms with Crippen molar-refractivity contribution in [2.75, 3.05) is 19.0 Å². The van der Waals surface area contributed by atoms with Gasteiger partial charge in [-0.1, -0.05) is 12.1 Å². The maximum atomic E-state index is 12.8. The number of aromatic nitrogens is 2. The van der Waals surface area contributed by atoms with Gasteiger partial charge < -0.3 is 20.3 Å². The third-order valence-corrected chi connectivity index (χ3v) is 7.16. The maximum Gasteiger partial charge on any atom is 0.318 e. The van der Waals surface area contributed by atoms with Crippen LogP contribution in [-0.2, 0) is 37.8 Å². The molecule has 3 amide bonds. The monoisotopic (exact) mass is 492 g/mol. The number of ether oxygens (including phenoxy) is 1. The van der Waals surface area contributed by atoms with Gasteiger partial charge in [-0.05, 0) is 43.0 Å². The van der Waals surface area contributed by atoms with Crippen LogP contribution in [0.4, 0.5) is 9.80 Å². The molecule has 0 aliphatic carbocycles. The molecule has 0 atom stereocenters. The zero-order chi connectivity index (χ0) is 24.9. The van der Waals surface area contributed by atoms with E-state index < -0.39 is 0 Å². The molecule has 0 fully saturated rings. The molecule has 1 aliphatic rings. The first-order valence-electron chi connectivity index (χ1n) is 11.4. The Morgan fingerprint density at radius 2 is 2.17 bits per heavy atom. The van der Waals surface area contributed by atoms with E-state index >= 15 is 0 Å². The molecule has 0 spiro atoms. The number of rotatable bonds is 7. The largest absolute Gasteiger partial charge is 0.497 e. The standard InChI is InChI=1S/C25H28N6O3S/c1-16-18(14-30(2)29-16)13-27-25(33)31-10-9-20-21(12-26)24(35-22(20)15-31)28-23(32)8-7-17-5-4-6-19(11-17)34-3/h4-6,11,14H,7-10,13,15H2,1-3H3,(H,27,33)(H,28,32). The highest BCUT2D eigenvalue weighted by Gasteiger charge is 2.27. The number of nitrogens with one attached hydrogen (secondary N) is 2. The number of nitriles is 1. The van der Waals surface area contributed by atoms with E-state index in [1.807, 2.05) is 44.4 Å². The number of carbonyl (C=O) groups is 2. The van der Waals surface area contributed by atoms with Gasteiger partial charge in [0.1, 0.15) is 16.8 Å². The Bertz CT molecular complexity index is 1290. The lowest BCUT2D eigenvalue weighted by molar-refractivity contribution is -0.116. The van der Waals surface area contributed by atoms with Crippen LogP contribution in [0.25, 0.3) is 0 Å². The van der Waals surface area contributed by atoms with Gasteiger partial charge in [0.15, 0.2) is 0 Å². The van der Waals surface area contributed by atoms with Crippen molar-refractivity contribution >= 4 is 28.3 Å². The van der Waals surface area contributed by atoms with Crippen LogP contribution in [0, 0.1) is 18.3 Å². The normalized spacial score (nSPS) is 12.6. The Kier molecular flexibility index (Phi) is 7.36. The molecule has 35 heavy (non-hydrogen) atoms. The molecule has 1 aromatic carbocycles. The minimum atomic E-state index is -0.158. The number of benzene rings is 1. The molecule has 10 heteroatoms. The van der Waals surface area contributed by atoms with Crippen molar-refractivity contribution in [2.45, 2.75) is 39.3 Å². The Morgan fingerprint density at radius 3 is 2.89 bits per heavy atom. The van der Waals surface area contributed by atoms with E-state index in [4.69, 9.17) is 4.74 Å². The smallest absolute Gasteiger partial charge is 0.318 e. The first-order chi connectivity index (χ1) is 16.9. The van der Waals surface area contributed by atoms with Gasteiger partial charge in [0, 0.05) is 43.2 Å². The second-order valence-electron chi connectivity index (χ2n) is 8.46. The number of hydrogen-bond donors (Lipinski definition) is 2. The fraction of sp³-hybridized carbons (Fsp3) is 0.360. The molecular formula is C25H28N6O3S. The van der Waals surface area contributed by atoms with Crippen molar-refractivity contribution in [3.8, 4) is 11.8 Å². The first-order valence-corrected chi connectivity index (χ1v) is 12.2. The van der Waals surface area contributed by atoms with E-state index in [1.54, 1.807) is 16.7 Å². The van der Waals surface area contributed by atoms with Crippen LogP contribution < -0.4 is 15.4 Å². The predicted molar refractivity (Wildman–Crippen MR) is 133 cm³/mol. The van der Waals surface area contributed by atoms with Crippen LogP contribution in [-0.4, -0.2) is 40.3 Å². The number of anilines is 1. The topological polar surface area (TPSA) is 112 Å². The number of methoxy groups -OCH3 is 1. The van der Waals surface area contributed by atoms with Gasteiger partial charge in [0.05, 0.1) is 24.9 Å². The van der Waals surface area contributed by atoms with E-state index in [2.05, 4.69) is 21.8 Å². The summed E-state index contributed by atoms with van der Waals surface area (Å²) in [5.41, 5.74) is 4.30. The van der Waals surface area contributed by atoms with Crippen LogP contribution in [0.3, 0.4) is 0 Å². The molecule has 2 aromatic heterocycles. The van der Waals surface area contributed by atoms with E-state index in [1.165, 1.54) is 11.3 Å². The van der Waals surface area contributed by atoms with Crippen molar-refractivity contribution in [3.05, 3.63) is 63.3 Å². The highest BCUT2D eigenvalue weighted by molar-refractivity contribution is 7.16. The lowest BCUT2D eigenvalue weighted by Crippen LogP contribution is -2.42. The van der Waals surface area contributed by atoms with Crippen LogP contribution in [0.15, 0.2) is 30.5 Å². The quantitative estimate of drug-likeness (QED) is 0.524. The number of hydrogen-bond acceptors (Lipinski definition) is 6. The van der Waals surface area contributed by atoms with Gasteiger partial charge in [-0.2, -0.15) is 10.4 Å². The summed E-state index contributed by atoms with van der Waals surface area (Å²) in [5.74, 6) is 0.606. The maximum absolute atomic E-state index is 12.8. The highest BCUT2D eigenvalue weighted by Crippen LogP contribution is 2.36. The fourth-order valence-corrected chi connectivity index (χ4v) is 5.39. The average molecular weight is 493 g/mol. The summed E-state index contributed by atoms with van der Waals surface area (Å²) in [6.07, 6.45) is 3.34. The SMILES string of the molecule is COc1cccc(CCC(=O)Nc2sc3c(c2C#N)CCN(C(=O)NCc2cn(C)nc2C)C3)c1. The summed E-state index contributed by atoms with van der Waals surface area (Å²) >= 11 is 1.37. The van der Waals surface area contributed by atoms with E-state index in [-0.39, 0.29) is 11.9 Å². The molecular weight excluding hydrogens is 464 g/mol. The van der Waals surface area contributed by atoms with E-state index in [0.717, 1.165) is 33.0 Å². The van der Waals surface area contributed by atoms with Crippen LogP contribution in [0.5, 0.6) is 5.75 Å². The first kappa shape index (κ1) is 24.3. The number of aryl methyl sites for hydroxylation is 3. The Hall–Kier alpha value is -3.84. The molecule has 1 aliphatic heterocycles. The van der Waals surface area contributed by atoms with Gasteiger partial charge >= 0.3 is 6.03 Å². The lowest BCUT2D eigenvalue weighted by Gasteiger charge is -2.27. The summed E-state index contributed by atoms with van der Waals surface area (Å²) in [5, 5.41) is 20.5. The Morgan fingerprint density at radius 1 is 1.34 bits per heavy atom. The lowest BCUT2D eigenvalue weighted by atomic mass is 10.0.